The number of nitrogen functional groups attached to an aromatic ring is 1. The molecule has 3 N–H and O–H groups in total. The van der Waals surface area contributed by atoms with E-state index in [2.05, 4.69) is 43.9 Å². The molecule has 0 aliphatic carbocycles. The van der Waals surface area contributed by atoms with Gasteiger partial charge in [0.05, 0.1) is 16.6 Å². The molecule has 5 nitrogen and oxygen atoms in total. The molecule has 3 rings (SSSR count). The van der Waals surface area contributed by atoms with Gasteiger partial charge in [0.25, 0.3) is 0 Å². The van der Waals surface area contributed by atoms with E-state index < -0.39 is 11.9 Å². The van der Waals surface area contributed by atoms with Gasteiger partial charge in [0.15, 0.2) is 0 Å². The summed E-state index contributed by atoms with van der Waals surface area (Å²) in [5.41, 5.74) is 9.81. The summed E-state index contributed by atoms with van der Waals surface area (Å²) in [5.74, 6) is 0.233. The molecule has 2 unspecified atom stereocenters. The van der Waals surface area contributed by atoms with Crippen molar-refractivity contribution >= 4 is 28.9 Å². The molecular weight excluding hydrogens is 616 g/mol. The highest BCUT2D eigenvalue weighted by atomic mass is 35.5. The lowest BCUT2D eigenvalue weighted by atomic mass is 9.79. The third kappa shape index (κ3) is 13.5. The van der Waals surface area contributed by atoms with Gasteiger partial charge >= 0.3 is 5.97 Å². The van der Waals surface area contributed by atoms with E-state index in [0.717, 1.165) is 74.2 Å². The molecule has 6 heteroatoms. The van der Waals surface area contributed by atoms with Crippen molar-refractivity contribution in [2.45, 2.75) is 168 Å². The monoisotopic (exact) mass is 682 g/mol. The number of ether oxygens (including phenoxy) is 1. The number of rotatable bonds is 27. The summed E-state index contributed by atoms with van der Waals surface area (Å²) in [7, 11) is 0. The predicted molar refractivity (Wildman–Crippen MR) is 206 cm³/mol. The van der Waals surface area contributed by atoms with Crippen LogP contribution in [0.5, 0.6) is 11.5 Å². The number of hydrogen-bond acceptors (Lipinski definition) is 4. The van der Waals surface area contributed by atoms with Gasteiger partial charge in [-0.1, -0.05) is 154 Å². The molecule has 2 aromatic rings. The summed E-state index contributed by atoms with van der Waals surface area (Å²) in [4.78, 5) is 15.0. The van der Waals surface area contributed by atoms with Crippen molar-refractivity contribution in [2.24, 2.45) is 5.92 Å². The minimum atomic E-state index is -0.714. The SMILES string of the molecule is CCCCCCCCCCCCCCCCCCC(CC1c2ccc(N(CCCC)CCCC)cc2Oc2cc(N)c(Cl)cc21)C(=O)O. The fourth-order valence-corrected chi connectivity index (χ4v) is 7.39. The van der Waals surface area contributed by atoms with E-state index in [1.807, 2.05) is 6.07 Å². The third-order valence-electron chi connectivity index (χ3n) is 10.3. The molecular formula is C42H67ClN2O3. The number of carboxylic acid groups (broad SMARTS) is 1. The fourth-order valence-electron chi connectivity index (χ4n) is 7.21. The molecule has 1 aliphatic heterocycles. The van der Waals surface area contributed by atoms with Gasteiger partial charge in [-0.05, 0) is 37.8 Å². The molecule has 0 saturated heterocycles. The Morgan fingerprint density at radius 2 is 1.23 bits per heavy atom. The Labute approximate surface area is 298 Å². The van der Waals surface area contributed by atoms with Crippen molar-refractivity contribution in [3.8, 4) is 11.5 Å². The van der Waals surface area contributed by atoms with Crippen LogP contribution in [-0.2, 0) is 4.79 Å². The number of nitrogens with two attached hydrogens (primary N) is 1. The first-order chi connectivity index (χ1) is 23.4. The summed E-state index contributed by atoms with van der Waals surface area (Å²) < 4.78 is 6.47. The van der Waals surface area contributed by atoms with E-state index in [-0.39, 0.29) is 5.92 Å². The second-order valence-corrected chi connectivity index (χ2v) is 14.8. The van der Waals surface area contributed by atoms with Crippen LogP contribution in [0.25, 0.3) is 0 Å². The standard InChI is InChI=1S/C42H67ClN2O3/c1-4-7-10-11-12-13-14-15-16-17-18-19-20-21-22-23-24-33(42(46)47)29-36-35-26-25-34(45(27-8-5-2)28-9-6-3)30-40(35)48-41-32-39(44)38(43)31-37(36)41/h25-26,30-33,36H,4-24,27-29,44H2,1-3H3,(H,46,47). The highest BCUT2D eigenvalue weighted by Crippen LogP contribution is 2.50. The average molecular weight is 683 g/mol. The number of carboxylic acids is 1. The number of benzene rings is 2. The van der Waals surface area contributed by atoms with E-state index in [0.29, 0.717) is 29.3 Å². The van der Waals surface area contributed by atoms with Crippen LogP contribution >= 0.6 is 11.6 Å². The number of hydrogen-bond donors (Lipinski definition) is 2. The molecule has 1 aliphatic rings. The summed E-state index contributed by atoms with van der Waals surface area (Å²) in [5, 5.41) is 10.8. The summed E-state index contributed by atoms with van der Waals surface area (Å²) in [6.07, 6.45) is 26.8. The lowest BCUT2D eigenvalue weighted by Crippen LogP contribution is -2.26. The number of anilines is 2. The molecule has 1 heterocycles. The zero-order valence-corrected chi connectivity index (χ0v) is 31.4. The van der Waals surface area contributed by atoms with Crippen molar-refractivity contribution in [1.29, 1.82) is 0 Å². The second kappa shape index (κ2) is 23.1. The molecule has 0 amide bonds. The number of unbranched alkanes of at least 4 members (excludes halogenated alkanes) is 17. The Hall–Kier alpha value is -2.40. The first-order valence-corrected chi connectivity index (χ1v) is 20.2. The Balaban J connectivity index is 1.52. The molecule has 0 aromatic heterocycles. The van der Waals surface area contributed by atoms with Crippen molar-refractivity contribution in [1.82, 2.24) is 0 Å². The average Bonchev–Trinajstić information content (AvgIpc) is 3.07. The van der Waals surface area contributed by atoms with E-state index in [1.54, 1.807) is 6.07 Å². The quantitative estimate of drug-likeness (QED) is 0.0724. The van der Waals surface area contributed by atoms with Crippen LogP contribution in [0.2, 0.25) is 5.02 Å². The van der Waals surface area contributed by atoms with Gasteiger partial charge in [-0.15, -0.1) is 0 Å². The Bertz CT molecular complexity index is 1190. The first-order valence-electron chi connectivity index (χ1n) is 19.8. The van der Waals surface area contributed by atoms with Crippen molar-refractivity contribution in [3.05, 3.63) is 46.5 Å². The first kappa shape index (κ1) is 40.0. The zero-order chi connectivity index (χ0) is 34.6. The van der Waals surface area contributed by atoms with Crippen molar-refractivity contribution in [3.63, 3.8) is 0 Å². The lowest BCUT2D eigenvalue weighted by molar-refractivity contribution is -0.142. The van der Waals surface area contributed by atoms with Crippen LogP contribution in [0.4, 0.5) is 11.4 Å². The number of halogens is 1. The van der Waals surface area contributed by atoms with E-state index in [4.69, 9.17) is 22.1 Å². The lowest BCUT2D eigenvalue weighted by Gasteiger charge is -2.32. The number of fused-ring (bicyclic) bond motifs is 2. The van der Waals surface area contributed by atoms with Crippen LogP contribution in [0.15, 0.2) is 30.3 Å². The minimum absolute atomic E-state index is 0.113. The van der Waals surface area contributed by atoms with Crippen molar-refractivity contribution in [2.75, 3.05) is 23.7 Å². The Morgan fingerprint density at radius 1 is 0.729 bits per heavy atom. The van der Waals surface area contributed by atoms with Gasteiger partial charge in [-0.2, -0.15) is 0 Å². The highest BCUT2D eigenvalue weighted by molar-refractivity contribution is 6.33. The van der Waals surface area contributed by atoms with Crippen LogP contribution < -0.4 is 15.4 Å². The van der Waals surface area contributed by atoms with Crippen LogP contribution in [-0.4, -0.2) is 24.2 Å². The van der Waals surface area contributed by atoms with Crippen molar-refractivity contribution < 1.29 is 14.6 Å². The highest BCUT2D eigenvalue weighted by Gasteiger charge is 2.33. The Morgan fingerprint density at radius 3 is 1.75 bits per heavy atom. The zero-order valence-electron chi connectivity index (χ0n) is 30.7. The van der Waals surface area contributed by atoms with Gasteiger partial charge in [0, 0.05) is 48.0 Å². The third-order valence-corrected chi connectivity index (χ3v) is 10.6. The van der Waals surface area contributed by atoms with E-state index >= 15 is 0 Å². The van der Waals surface area contributed by atoms with Gasteiger partial charge in [0.1, 0.15) is 11.5 Å². The molecule has 0 fully saturated rings. The van der Waals surface area contributed by atoms with Crippen LogP contribution in [0.1, 0.15) is 179 Å². The van der Waals surface area contributed by atoms with Crippen LogP contribution in [0.3, 0.4) is 0 Å². The number of nitrogens with zero attached hydrogens (tertiary/aromatic N) is 1. The van der Waals surface area contributed by atoms with Gasteiger partial charge < -0.3 is 20.5 Å². The fraction of sp³-hybridized carbons (Fsp3) is 0.690. The molecule has 0 radical (unpaired) electrons. The second-order valence-electron chi connectivity index (χ2n) is 14.3. The topological polar surface area (TPSA) is 75.8 Å². The molecule has 2 aromatic carbocycles. The largest absolute Gasteiger partial charge is 0.481 e. The summed E-state index contributed by atoms with van der Waals surface area (Å²) in [6.45, 7) is 8.76. The van der Waals surface area contributed by atoms with Crippen LogP contribution in [0, 0.1) is 5.92 Å². The maximum absolute atomic E-state index is 12.6. The normalized spacial score (nSPS) is 14.3. The van der Waals surface area contributed by atoms with Gasteiger partial charge in [0.2, 0.25) is 0 Å². The molecule has 0 bridgehead atoms. The van der Waals surface area contributed by atoms with Gasteiger partial charge in [-0.3, -0.25) is 4.79 Å². The molecule has 2 atom stereocenters. The number of aliphatic carboxylic acids is 1. The Kier molecular flexibility index (Phi) is 19.3. The number of carbonyl (C=O) groups is 1. The predicted octanol–water partition coefficient (Wildman–Crippen LogP) is 13.3. The van der Waals surface area contributed by atoms with E-state index in [1.165, 1.54) is 89.9 Å². The summed E-state index contributed by atoms with van der Waals surface area (Å²) in [6, 6.07) is 10.2. The molecule has 48 heavy (non-hydrogen) atoms. The summed E-state index contributed by atoms with van der Waals surface area (Å²) >= 11 is 6.51. The van der Waals surface area contributed by atoms with Gasteiger partial charge in [-0.25, -0.2) is 0 Å². The molecule has 0 spiro atoms. The maximum atomic E-state index is 12.6. The van der Waals surface area contributed by atoms with E-state index in [9.17, 15) is 9.90 Å². The maximum Gasteiger partial charge on any atom is 0.306 e. The molecule has 270 valence electrons. The molecule has 0 saturated carbocycles. The smallest absolute Gasteiger partial charge is 0.306 e. The minimum Gasteiger partial charge on any atom is -0.481 e.